The standard InChI is InChI=1S/C16H20FNO3/c1-3-6-16(15(20)21)7-8-18(10-16)14(19)13-9-12(17)5-4-11(13)2/h4-5,9H,3,6-8,10H2,1-2H3,(H,20,21). The first-order valence-corrected chi connectivity index (χ1v) is 7.18. The number of benzene rings is 1. The van der Waals surface area contributed by atoms with Crippen LogP contribution in [-0.4, -0.2) is 35.0 Å². The van der Waals surface area contributed by atoms with Crippen LogP contribution in [0.15, 0.2) is 18.2 Å². The molecule has 1 heterocycles. The highest BCUT2D eigenvalue weighted by Gasteiger charge is 2.45. The molecule has 0 aliphatic carbocycles. The summed E-state index contributed by atoms with van der Waals surface area (Å²) >= 11 is 0. The lowest BCUT2D eigenvalue weighted by Gasteiger charge is -2.24. The van der Waals surface area contributed by atoms with Gasteiger partial charge in [0.2, 0.25) is 0 Å². The Labute approximate surface area is 123 Å². The molecule has 0 radical (unpaired) electrons. The maximum absolute atomic E-state index is 13.3. The van der Waals surface area contributed by atoms with Gasteiger partial charge in [0.05, 0.1) is 5.41 Å². The highest BCUT2D eigenvalue weighted by Crippen LogP contribution is 2.36. The van der Waals surface area contributed by atoms with Gasteiger partial charge in [0.1, 0.15) is 5.82 Å². The first kappa shape index (κ1) is 15.5. The van der Waals surface area contributed by atoms with Crippen molar-refractivity contribution in [3.05, 3.63) is 35.1 Å². The number of rotatable bonds is 4. The summed E-state index contributed by atoms with van der Waals surface area (Å²) in [4.78, 5) is 25.6. The molecule has 21 heavy (non-hydrogen) atoms. The molecule has 1 unspecified atom stereocenters. The molecule has 1 aromatic rings. The number of hydrogen-bond acceptors (Lipinski definition) is 2. The number of likely N-dealkylation sites (tertiary alicyclic amines) is 1. The molecule has 1 aliphatic rings. The predicted molar refractivity (Wildman–Crippen MR) is 76.6 cm³/mol. The monoisotopic (exact) mass is 293 g/mol. The fourth-order valence-corrected chi connectivity index (χ4v) is 3.00. The number of carboxylic acid groups (broad SMARTS) is 1. The van der Waals surface area contributed by atoms with Crippen LogP contribution in [0.25, 0.3) is 0 Å². The first-order valence-electron chi connectivity index (χ1n) is 7.18. The summed E-state index contributed by atoms with van der Waals surface area (Å²) in [5, 5.41) is 9.47. The van der Waals surface area contributed by atoms with Crippen LogP contribution in [0.1, 0.15) is 42.1 Å². The molecule has 1 saturated heterocycles. The quantitative estimate of drug-likeness (QED) is 0.928. The van der Waals surface area contributed by atoms with Gasteiger partial charge in [-0.15, -0.1) is 0 Å². The third-order valence-electron chi connectivity index (χ3n) is 4.25. The molecular weight excluding hydrogens is 273 g/mol. The SMILES string of the molecule is CCCC1(C(=O)O)CCN(C(=O)c2cc(F)ccc2C)C1. The van der Waals surface area contributed by atoms with Gasteiger partial charge >= 0.3 is 5.97 Å². The van der Waals surface area contributed by atoms with Crippen LogP contribution in [0.4, 0.5) is 4.39 Å². The van der Waals surface area contributed by atoms with Gasteiger partial charge in [0.25, 0.3) is 5.91 Å². The number of halogens is 1. The van der Waals surface area contributed by atoms with E-state index in [2.05, 4.69) is 0 Å². The summed E-state index contributed by atoms with van der Waals surface area (Å²) in [5.74, 6) is -1.59. The lowest BCUT2D eigenvalue weighted by atomic mass is 9.83. The average Bonchev–Trinajstić information content (AvgIpc) is 2.87. The van der Waals surface area contributed by atoms with Crippen molar-refractivity contribution in [2.24, 2.45) is 5.41 Å². The second-order valence-electron chi connectivity index (χ2n) is 5.77. The number of hydrogen-bond donors (Lipinski definition) is 1. The Kier molecular flexibility index (Phi) is 4.30. The Hall–Kier alpha value is -1.91. The van der Waals surface area contributed by atoms with E-state index in [9.17, 15) is 19.1 Å². The zero-order valence-electron chi connectivity index (χ0n) is 12.4. The first-order chi connectivity index (χ1) is 9.89. The molecule has 0 saturated carbocycles. The normalized spacial score (nSPS) is 21.6. The molecular formula is C16H20FNO3. The van der Waals surface area contributed by atoms with Crippen molar-refractivity contribution >= 4 is 11.9 Å². The van der Waals surface area contributed by atoms with E-state index in [0.29, 0.717) is 30.5 Å². The fourth-order valence-electron chi connectivity index (χ4n) is 3.00. The van der Waals surface area contributed by atoms with Crippen molar-refractivity contribution in [2.45, 2.75) is 33.1 Å². The second kappa shape index (κ2) is 5.84. The Morgan fingerprint density at radius 3 is 2.76 bits per heavy atom. The largest absolute Gasteiger partial charge is 0.481 e. The fraction of sp³-hybridized carbons (Fsp3) is 0.500. The van der Waals surface area contributed by atoms with E-state index in [4.69, 9.17) is 0 Å². The lowest BCUT2D eigenvalue weighted by molar-refractivity contribution is -0.148. The predicted octanol–water partition coefficient (Wildman–Crippen LogP) is 2.85. The zero-order chi connectivity index (χ0) is 15.6. The maximum Gasteiger partial charge on any atom is 0.311 e. The van der Waals surface area contributed by atoms with Crippen molar-refractivity contribution in [3.63, 3.8) is 0 Å². The minimum Gasteiger partial charge on any atom is -0.481 e. The van der Waals surface area contributed by atoms with Crippen LogP contribution in [0.5, 0.6) is 0 Å². The Balaban J connectivity index is 2.22. The van der Waals surface area contributed by atoms with Crippen molar-refractivity contribution < 1.29 is 19.1 Å². The highest BCUT2D eigenvalue weighted by atomic mass is 19.1. The lowest BCUT2D eigenvalue weighted by Crippen LogP contribution is -2.37. The zero-order valence-corrected chi connectivity index (χ0v) is 12.4. The highest BCUT2D eigenvalue weighted by molar-refractivity contribution is 5.96. The van der Waals surface area contributed by atoms with Crippen molar-refractivity contribution in [1.82, 2.24) is 4.90 Å². The van der Waals surface area contributed by atoms with Crippen LogP contribution in [0.3, 0.4) is 0 Å². The molecule has 0 bridgehead atoms. The number of aryl methyl sites for hydroxylation is 1. The number of amides is 1. The Bertz CT molecular complexity index is 573. The second-order valence-corrected chi connectivity index (χ2v) is 5.77. The van der Waals surface area contributed by atoms with Gasteiger partial charge in [-0.25, -0.2) is 4.39 Å². The number of carboxylic acids is 1. The Morgan fingerprint density at radius 1 is 1.43 bits per heavy atom. The summed E-state index contributed by atoms with van der Waals surface area (Å²) in [7, 11) is 0. The molecule has 1 atom stereocenters. The van der Waals surface area contributed by atoms with E-state index in [-0.39, 0.29) is 12.5 Å². The van der Waals surface area contributed by atoms with Gasteiger partial charge in [-0.3, -0.25) is 9.59 Å². The van der Waals surface area contributed by atoms with Gasteiger partial charge in [-0.05, 0) is 37.5 Å². The van der Waals surface area contributed by atoms with Crippen LogP contribution in [0, 0.1) is 18.2 Å². The number of aliphatic carboxylic acids is 1. The van der Waals surface area contributed by atoms with Crippen molar-refractivity contribution in [3.8, 4) is 0 Å². The smallest absolute Gasteiger partial charge is 0.311 e. The molecule has 4 nitrogen and oxygen atoms in total. The molecule has 1 fully saturated rings. The molecule has 114 valence electrons. The van der Waals surface area contributed by atoms with Crippen LogP contribution < -0.4 is 0 Å². The topological polar surface area (TPSA) is 57.6 Å². The molecule has 1 aliphatic heterocycles. The van der Waals surface area contributed by atoms with Crippen LogP contribution in [0.2, 0.25) is 0 Å². The number of carbonyl (C=O) groups excluding carboxylic acids is 1. The maximum atomic E-state index is 13.3. The van der Waals surface area contributed by atoms with Crippen LogP contribution in [-0.2, 0) is 4.79 Å². The van der Waals surface area contributed by atoms with Gasteiger partial charge in [-0.1, -0.05) is 19.4 Å². The molecule has 1 aromatic carbocycles. The van der Waals surface area contributed by atoms with E-state index in [0.717, 1.165) is 6.42 Å². The van der Waals surface area contributed by atoms with Gasteiger partial charge in [0.15, 0.2) is 0 Å². The summed E-state index contributed by atoms with van der Waals surface area (Å²) in [5.41, 5.74) is 0.156. The van der Waals surface area contributed by atoms with Crippen molar-refractivity contribution in [1.29, 1.82) is 0 Å². The third-order valence-corrected chi connectivity index (χ3v) is 4.25. The number of carbonyl (C=O) groups is 2. The Morgan fingerprint density at radius 2 is 2.14 bits per heavy atom. The summed E-state index contributed by atoms with van der Waals surface area (Å²) in [6, 6.07) is 4.10. The molecule has 0 aromatic heterocycles. The summed E-state index contributed by atoms with van der Waals surface area (Å²) < 4.78 is 13.3. The molecule has 0 spiro atoms. The molecule has 5 heteroatoms. The molecule has 1 N–H and O–H groups in total. The van der Waals surface area contributed by atoms with E-state index in [1.165, 1.54) is 17.0 Å². The van der Waals surface area contributed by atoms with Gasteiger partial charge in [-0.2, -0.15) is 0 Å². The molecule has 1 amide bonds. The van der Waals surface area contributed by atoms with Gasteiger partial charge < -0.3 is 10.0 Å². The average molecular weight is 293 g/mol. The summed E-state index contributed by atoms with van der Waals surface area (Å²) in [6.07, 6.45) is 1.76. The van der Waals surface area contributed by atoms with Crippen LogP contribution >= 0.6 is 0 Å². The third kappa shape index (κ3) is 2.91. The van der Waals surface area contributed by atoms with E-state index >= 15 is 0 Å². The summed E-state index contributed by atoms with van der Waals surface area (Å²) in [6.45, 7) is 4.29. The number of nitrogens with zero attached hydrogens (tertiary/aromatic N) is 1. The minimum atomic E-state index is -0.856. The van der Waals surface area contributed by atoms with E-state index < -0.39 is 17.2 Å². The van der Waals surface area contributed by atoms with Crippen molar-refractivity contribution in [2.75, 3.05) is 13.1 Å². The minimum absolute atomic E-state index is 0.199. The van der Waals surface area contributed by atoms with Gasteiger partial charge in [0, 0.05) is 18.7 Å². The molecule has 2 rings (SSSR count). The van der Waals surface area contributed by atoms with E-state index in [1.807, 2.05) is 6.92 Å². The van der Waals surface area contributed by atoms with E-state index in [1.54, 1.807) is 13.0 Å².